The summed E-state index contributed by atoms with van der Waals surface area (Å²) in [7, 11) is -7.96. The molecule has 112 valence electrons. The Bertz CT molecular complexity index is 399. The summed E-state index contributed by atoms with van der Waals surface area (Å²) in [6.45, 7) is 0. The first-order valence-corrected chi connectivity index (χ1v) is 8.68. The second-order valence-corrected chi connectivity index (χ2v) is 7.31. The van der Waals surface area contributed by atoms with E-state index in [9.17, 15) is 0 Å². The number of hydrogen-bond donors (Lipinski definition) is 6. The number of hydrogen-bond acceptors (Lipinski definition) is 6. The van der Waals surface area contributed by atoms with Gasteiger partial charge in [-0.2, -0.15) is 12.1 Å². The molecule has 0 radical (unpaired) electrons. The van der Waals surface area contributed by atoms with Crippen LogP contribution in [-0.2, 0) is 17.1 Å². The predicted octanol–water partition coefficient (Wildman–Crippen LogP) is -2.95. The van der Waals surface area contributed by atoms with Crippen LogP contribution in [0.3, 0.4) is 0 Å². The van der Waals surface area contributed by atoms with Gasteiger partial charge in [-0.05, 0) is 0 Å². The molecule has 0 aliphatic carbocycles. The molecule has 6 N–H and O–H groups in total. The van der Waals surface area contributed by atoms with Gasteiger partial charge in [-0.1, -0.05) is 5.19 Å². The van der Waals surface area contributed by atoms with E-state index in [0.717, 1.165) is 0 Å². The van der Waals surface area contributed by atoms with Gasteiger partial charge >= 0.3 is 8.80 Å². The van der Waals surface area contributed by atoms with E-state index >= 15 is 0 Å². The topological polar surface area (TPSA) is 121 Å². The Morgan fingerprint density at radius 2 is 1.16 bits per heavy atom. The fourth-order valence-electron chi connectivity index (χ4n) is 1.20. The van der Waals surface area contributed by atoms with Gasteiger partial charge in [0.05, 0.1) is 0 Å². The van der Waals surface area contributed by atoms with Crippen LogP contribution in [0.25, 0.3) is 0 Å². The molecule has 6 nitrogen and oxygen atoms in total. The van der Waals surface area contributed by atoms with Crippen molar-refractivity contribution in [2.75, 3.05) is 0 Å². The molecule has 0 heterocycles. The molecule has 0 atom stereocenters. The first-order chi connectivity index (χ1) is 8.21. The van der Waals surface area contributed by atoms with Crippen LogP contribution in [0.15, 0.2) is 48.5 Å². The predicted molar refractivity (Wildman–Crippen MR) is 68.2 cm³/mol. The molecule has 0 saturated carbocycles. The van der Waals surface area contributed by atoms with E-state index in [2.05, 4.69) is 0 Å². The molecule has 0 aliphatic heterocycles. The summed E-state index contributed by atoms with van der Waals surface area (Å²) < 4.78 is 0. The van der Waals surface area contributed by atoms with Crippen LogP contribution < -0.4 is 10.4 Å². The third kappa shape index (κ3) is 6.41. The van der Waals surface area contributed by atoms with Crippen LogP contribution in [0.4, 0.5) is 0 Å². The molecular formula is C10H14FeO6Si2-6. The quantitative estimate of drug-likeness (QED) is 0.257. The average molecular weight is 342 g/mol. The maximum Gasteiger partial charge on any atom is 0.461 e. The van der Waals surface area contributed by atoms with Crippen molar-refractivity contribution in [3.63, 3.8) is 0 Å². The van der Waals surface area contributed by atoms with Gasteiger partial charge in [-0.25, -0.2) is 12.1 Å². The van der Waals surface area contributed by atoms with Crippen molar-refractivity contribution >= 4 is 28.0 Å². The fraction of sp³-hybridized carbons (Fsp3) is 0. The van der Waals surface area contributed by atoms with E-state index in [1.807, 2.05) is 0 Å². The second kappa shape index (κ2) is 7.26. The van der Waals surface area contributed by atoms with E-state index in [4.69, 9.17) is 28.8 Å². The van der Waals surface area contributed by atoms with Crippen LogP contribution >= 0.6 is 0 Å². The third-order valence-electron chi connectivity index (χ3n) is 2.10. The first kappa shape index (κ1) is 18.4. The average Bonchev–Trinajstić information content (AvgIpc) is 2.91. The fourth-order valence-corrected chi connectivity index (χ4v) is 2.47. The standard InChI is InChI=1S/2C5H7O3Si.Fe/c2*6-9(7,8)5-3-1-2-4-5;/h2*1-4,6-8H;/q-5;-1;. The van der Waals surface area contributed by atoms with Crippen molar-refractivity contribution in [2.45, 2.75) is 0 Å². The SMILES string of the molecule is O[Si](O)(O)[c-]1[cH-][cH-][cH-][cH-]1.O[Si](O)(O)[c-]1cccc1.[Fe]. The Kier molecular flexibility index (Phi) is 7.04. The van der Waals surface area contributed by atoms with Crippen molar-refractivity contribution in [1.82, 2.24) is 0 Å². The first-order valence-electron chi connectivity index (χ1n) is 5.00. The third-order valence-corrected chi connectivity index (χ3v) is 4.32. The van der Waals surface area contributed by atoms with Crippen molar-refractivity contribution in [2.24, 2.45) is 0 Å². The Labute approximate surface area is 122 Å². The van der Waals surface area contributed by atoms with Crippen molar-refractivity contribution < 1.29 is 45.8 Å². The molecule has 0 bridgehead atoms. The van der Waals surface area contributed by atoms with Gasteiger partial charge in [0.15, 0.2) is 0 Å². The summed E-state index contributed by atoms with van der Waals surface area (Å²) in [4.78, 5) is 51.8. The minimum atomic E-state index is -3.98. The summed E-state index contributed by atoms with van der Waals surface area (Å²) in [5.74, 6) is 0. The van der Waals surface area contributed by atoms with Gasteiger partial charge in [0.25, 0.3) is 8.80 Å². The minimum absolute atomic E-state index is 0. The second-order valence-electron chi connectivity index (χ2n) is 3.62. The van der Waals surface area contributed by atoms with E-state index in [1.54, 1.807) is 24.3 Å². The summed E-state index contributed by atoms with van der Waals surface area (Å²) in [5.41, 5.74) is 0. The van der Waals surface area contributed by atoms with Crippen LogP contribution in [0.2, 0.25) is 0 Å². The van der Waals surface area contributed by atoms with Gasteiger partial charge < -0.3 is 58.2 Å². The smallest absolute Gasteiger partial charge is 0.461 e. The Morgan fingerprint density at radius 3 is 1.37 bits per heavy atom. The van der Waals surface area contributed by atoms with Crippen LogP contribution in [-0.4, -0.2) is 46.4 Å². The van der Waals surface area contributed by atoms with Gasteiger partial charge in [-0.3, -0.25) is 0 Å². The maximum atomic E-state index is 8.63. The molecular weight excluding hydrogens is 328 g/mol. The normalized spacial score (nSPS) is 11.3. The summed E-state index contributed by atoms with van der Waals surface area (Å²) >= 11 is 0. The van der Waals surface area contributed by atoms with Crippen LogP contribution in [0, 0.1) is 0 Å². The molecule has 2 aromatic rings. The molecule has 0 saturated heterocycles. The molecule has 2 aromatic carbocycles. The van der Waals surface area contributed by atoms with Gasteiger partial charge in [-0.15, -0.1) is 0 Å². The molecule has 0 fully saturated rings. The molecule has 0 unspecified atom stereocenters. The molecule has 9 heteroatoms. The molecule has 2 rings (SSSR count). The van der Waals surface area contributed by atoms with Gasteiger partial charge in [0.2, 0.25) is 0 Å². The molecule has 0 aliphatic rings. The van der Waals surface area contributed by atoms with E-state index in [-0.39, 0.29) is 27.4 Å². The van der Waals surface area contributed by atoms with E-state index in [1.165, 1.54) is 24.3 Å². The van der Waals surface area contributed by atoms with Crippen molar-refractivity contribution in [3.05, 3.63) is 48.5 Å². The Balaban J connectivity index is 0.000000324. The minimum Gasteiger partial charge on any atom is -0.748 e. The molecule has 0 amide bonds. The van der Waals surface area contributed by atoms with Crippen LogP contribution in [0.5, 0.6) is 0 Å². The largest absolute Gasteiger partial charge is 0.748 e. The maximum absolute atomic E-state index is 8.63. The van der Waals surface area contributed by atoms with Crippen LogP contribution in [0.1, 0.15) is 0 Å². The Morgan fingerprint density at radius 1 is 0.737 bits per heavy atom. The Hall–Kier alpha value is -0.587. The zero-order valence-electron chi connectivity index (χ0n) is 9.66. The summed E-state index contributed by atoms with van der Waals surface area (Å²) in [6.07, 6.45) is 0. The van der Waals surface area contributed by atoms with E-state index in [0.29, 0.717) is 0 Å². The molecule has 19 heavy (non-hydrogen) atoms. The molecule has 0 spiro atoms. The number of rotatable bonds is 2. The summed E-state index contributed by atoms with van der Waals surface area (Å²) in [5, 5.41) is 0.449. The van der Waals surface area contributed by atoms with Crippen molar-refractivity contribution in [3.8, 4) is 0 Å². The monoisotopic (exact) mass is 342 g/mol. The van der Waals surface area contributed by atoms with E-state index < -0.39 is 17.6 Å². The molecule has 0 aromatic heterocycles. The summed E-state index contributed by atoms with van der Waals surface area (Å²) in [6, 6.07) is 12.5. The van der Waals surface area contributed by atoms with Crippen molar-refractivity contribution in [1.29, 1.82) is 0 Å². The van der Waals surface area contributed by atoms with Gasteiger partial charge in [0, 0.05) is 17.1 Å². The zero-order chi connectivity index (χ0) is 13.8. The zero-order valence-corrected chi connectivity index (χ0v) is 12.8. The van der Waals surface area contributed by atoms with Gasteiger partial charge in [0.1, 0.15) is 0 Å².